The van der Waals surface area contributed by atoms with Crippen LogP contribution in [0, 0.1) is 0 Å². The number of carboxylic acids is 2. The van der Waals surface area contributed by atoms with E-state index in [2.05, 4.69) is 0 Å². The molecule has 4 nitrogen and oxygen atoms in total. The van der Waals surface area contributed by atoms with Crippen LogP contribution in [0.4, 0.5) is 0 Å². The third-order valence-corrected chi connectivity index (χ3v) is 0.167. The molecule has 0 aliphatic rings. The average Bonchev–Trinajstić information content (AvgIpc) is 1.36. The van der Waals surface area contributed by atoms with Crippen molar-refractivity contribution in [3.8, 4) is 0 Å². The van der Waals surface area contributed by atoms with Crippen LogP contribution < -0.4 is 10.2 Å². The Labute approximate surface area is 56.1 Å². The first kappa shape index (κ1) is 9.84. The molecular weight excluding hydrogens is 181 g/mol. The van der Waals surface area contributed by atoms with Crippen LogP contribution in [0.3, 0.4) is 0 Å². The van der Waals surface area contributed by atoms with Crippen molar-refractivity contribution < 1.29 is 43.6 Å². The monoisotopic (exact) mass is 182 g/mol. The molecule has 0 radical (unpaired) electrons. The number of rotatable bonds is 0. The van der Waals surface area contributed by atoms with E-state index in [0.29, 0.717) is 0 Å². The summed E-state index contributed by atoms with van der Waals surface area (Å²) in [5.74, 6) is -4.37. The van der Waals surface area contributed by atoms with Crippen molar-refractivity contribution >= 4 is 11.9 Å². The fourth-order valence-corrected chi connectivity index (χ4v) is 0. The van der Waals surface area contributed by atoms with Crippen molar-refractivity contribution in [2.75, 3.05) is 0 Å². The summed E-state index contributed by atoms with van der Waals surface area (Å²) in [6, 6.07) is 0. The van der Waals surface area contributed by atoms with E-state index >= 15 is 0 Å². The van der Waals surface area contributed by atoms with Crippen molar-refractivity contribution in [3.05, 3.63) is 0 Å². The summed E-state index contributed by atoms with van der Waals surface area (Å²) in [6.45, 7) is 0. The van der Waals surface area contributed by atoms with Crippen LogP contribution in [-0.2, 0) is 32.0 Å². The van der Waals surface area contributed by atoms with E-state index in [1.165, 1.54) is 0 Å². The van der Waals surface area contributed by atoms with E-state index < -0.39 is 11.9 Å². The molecule has 0 unspecified atom stereocenters. The summed E-state index contributed by atoms with van der Waals surface area (Å²) < 4.78 is 0. The van der Waals surface area contributed by atoms with Crippen LogP contribution in [0.2, 0.25) is 0 Å². The molecule has 0 fully saturated rings. The van der Waals surface area contributed by atoms with Gasteiger partial charge in [0, 0.05) is 0 Å². The summed E-state index contributed by atoms with van der Waals surface area (Å²) in [4.78, 5) is 17.9. The van der Waals surface area contributed by atoms with Crippen LogP contribution in [-0.4, -0.2) is 11.9 Å². The number of aliphatic carboxylic acids is 2. The van der Waals surface area contributed by atoms with Crippen molar-refractivity contribution in [2.45, 2.75) is 0 Å². The Morgan fingerprint density at radius 3 is 1.29 bits per heavy atom. The second-order valence-electron chi connectivity index (χ2n) is 0.575. The van der Waals surface area contributed by atoms with E-state index in [9.17, 15) is 0 Å². The fraction of sp³-hybridized carbons (Fsp3) is 0. The molecule has 0 aromatic rings. The van der Waals surface area contributed by atoms with Crippen LogP contribution in [0.5, 0.6) is 0 Å². The zero-order valence-corrected chi connectivity index (χ0v) is 5.28. The van der Waals surface area contributed by atoms with Gasteiger partial charge in [-0.25, -0.2) is 0 Å². The van der Waals surface area contributed by atoms with Crippen molar-refractivity contribution in [3.63, 3.8) is 0 Å². The SMILES string of the molecule is O=C([O-])C(=O)[O-].[H+].[Nb+3]. The molecule has 0 N–H and O–H groups in total. The first-order valence-electron chi connectivity index (χ1n) is 1.07. The molecule has 36 valence electrons. The quantitative estimate of drug-likeness (QED) is 0.288. The molecule has 0 bridgehead atoms. The fourth-order valence-electron chi connectivity index (χ4n) is 0. The molecule has 0 saturated carbocycles. The van der Waals surface area contributed by atoms with Crippen molar-refractivity contribution in [1.82, 2.24) is 0 Å². The van der Waals surface area contributed by atoms with Gasteiger partial charge in [0.05, 0.1) is 11.9 Å². The predicted octanol–water partition coefficient (Wildman–Crippen LogP) is -3.40. The summed E-state index contributed by atoms with van der Waals surface area (Å²) in [5, 5.41) is 17.9. The molecule has 0 aliphatic heterocycles. The van der Waals surface area contributed by atoms with E-state index in [1.54, 1.807) is 0 Å². The third-order valence-electron chi connectivity index (χ3n) is 0.167. The molecule has 0 aromatic heterocycles. The Kier molecular flexibility index (Phi) is 5.42. The van der Waals surface area contributed by atoms with Gasteiger partial charge in [0.25, 0.3) is 0 Å². The molecule has 0 atom stereocenters. The van der Waals surface area contributed by atoms with Crippen molar-refractivity contribution in [2.24, 2.45) is 0 Å². The van der Waals surface area contributed by atoms with Crippen LogP contribution in [0.15, 0.2) is 0 Å². The van der Waals surface area contributed by atoms with Gasteiger partial charge in [-0.2, -0.15) is 0 Å². The Morgan fingerprint density at radius 2 is 1.29 bits per heavy atom. The first-order chi connectivity index (χ1) is 2.64. The van der Waals surface area contributed by atoms with Crippen LogP contribution in [0.25, 0.3) is 0 Å². The molecular formula is C2HNbO4+2. The van der Waals surface area contributed by atoms with Gasteiger partial charge in [-0.05, 0) is 0 Å². The predicted molar refractivity (Wildman–Crippen MR) is 11.1 cm³/mol. The maximum Gasteiger partial charge on any atom is 3.00 e. The standard InChI is InChI=1S/C2H2O4.Nb/c3-1(4)2(5)6;/h(H,3,4)(H,5,6);/q;+3/p-1. The van der Waals surface area contributed by atoms with Crippen LogP contribution >= 0.6 is 0 Å². The van der Waals surface area contributed by atoms with Gasteiger partial charge in [0.2, 0.25) is 0 Å². The topological polar surface area (TPSA) is 80.3 Å². The molecule has 0 aromatic carbocycles. The van der Waals surface area contributed by atoms with Gasteiger partial charge in [0.1, 0.15) is 0 Å². The zero-order valence-electron chi connectivity index (χ0n) is 4.08. The Hall–Kier alpha value is -0.320. The molecule has 0 saturated heterocycles. The normalized spacial score (nSPS) is 6.29. The third kappa shape index (κ3) is 5.68. The van der Waals surface area contributed by atoms with Gasteiger partial charge < -0.3 is 19.8 Å². The molecule has 0 heterocycles. The maximum atomic E-state index is 8.93. The molecule has 0 spiro atoms. The minimum atomic E-state index is -2.19. The molecule has 0 aliphatic carbocycles. The number of hydrogen-bond acceptors (Lipinski definition) is 4. The Morgan fingerprint density at radius 1 is 1.14 bits per heavy atom. The van der Waals surface area contributed by atoms with Gasteiger partial charge in [-0.3, -0.25) is 0 Å². The zero-order chi connectivity index (χ0) is 5.15. The number of hydrogen-bond donors (Lipinski definition) is 0. The number of carbonyl (C=O) groups excluding carboxylic acids is 2. The molecule has 5 heteroatoms. The van der Waals surface area contributed by atoms with Crippen molar-refractivity contribution in [1.29, 1.82) is 0 Å². The Balaban J connectivity index is -0.000000125. The summed E-state index contributed by atoms with van der Waals surface area (Å²) in [5.41, 5.74) is 0. The molecule has 7 heavy (non-hydrogen) atoms. The second-order valence-corrected chi connectivity index (χ2v) is 0.575. The van der Waals surface area contributed by atoms with E-state index in [-0.39, 0.29) is 23.8 Å². The van der Waals surface area contributed by atoms with E-state index in [1.807, 2.05) is 0 Å². The van der Waals surface area contributed by atoms with E-state index in [4.69, 9.17) is 19.8 Å². The minimum Gasteiger partial charge on any atom is -0.543 e. The average molecular weight is 182 g/mol. The van der Waals surface area contributed by atoms with E-state index in [0.717, 1.165) is 0 Å². The first-order valence-corrected chi connectivity index (χ1v) is 1.07. The molecule has 0 amide bonds. The van der Waals surface area contributed by atoms with Gasteiger partial charge in [0.15, 0.2) is 0 Å². The number of carbonyl (C=O) groups is 2. The largest absolute Gasteiger partial charge is 3.00 e. The van der Waals surface area contributed by atoms with Gasteiger partial charge >= 0.3 is 23.8 Å². The summed E-state index contributed by atoms with van der Waals surface area (Å²) >= 11 is 0. The summed E-state index contributed by atoms with van der Waals surface area (Å²) in [6.07, 6.45) is 0. The number of carboxylic acid groups (broad SMARTS) is 2. The summed E-state index contributed by atoms with van der Waals surface area (Å²) in [7, 11) is 0. The smallest absolute Gasteiger partial charge is 0.543 e. The minimum absolute atomic E-state index is 0. The van der Waals surface area contributed by atoms with Crippen LogP contribution in [0.1, 0.15) is 1.43 Å². The Bertz CT molecular complexity index is 80.0. The maximum absolute atomic E-state index is 8.93. The van der Waals surface area contributed by atoms with Gasteiger partial charge in [-0.15, -0.1) is 0 Å². The van der Waals surface area contributed by atoms with Gasteiger partial charge in [-0.1, -0.05) is 0 Å². The second kappa shape index (κ2) is 3.86. The molecule has 0 rings (SSSR count).